The molecule has 6 aromatic rings. The van der Waals surface area contributed by atoms with Crippen LogP contribution in [0.1, 0.15) is 48.5 Å². The van der Waals surface area contributed by atoms with Crippen molar-refractivity contribution in [3.05, 3.63) is 190 Å². The molecule has 0 spiro atoms. The van der Waals surface area contributed by atoms with E-state index in [1.807, 2.05) is 12.1 Å². The minimum atomic E-state index is -4.81. The second-order valence-electron chi connectivity index (χ2n) is 13.1. The summed E-state index contributed by atoms with van der Waals surface area (Å²) in [7, 11) is -8.27. The van der Waals surface area contributed by atoms with Crippen LogP contribution in [0.4, 0.5) is 28.9 Å². The van der Waals surface area contributed by atoms with Crippen LogP contribution in [0.5, 0.6) is 0 Å². The van der Waals surface area contributed by atoms with Gasteiger partial charge < -0.3 is 10.2 Å². The number of alkyl halides is 3. The summed E-state index contributed by atoms with van der Waals surface area (Å²) in [4.78, 5) is 21.3. The van der Waals surface area contributed by atoms with Gasteiger partial charge in [0.2, 0.25) is 0 Å². The number of hydrogen-bond donors (Lipinski definition) is 4. The number of rotatable bonds is 14. The Morgan fingerprint density at radius 3 is 1.36 bits per heavy atom. The van der Waals surface area contributed by atoms with Crippen molar-refractivity contribution < 1.29 is 54.2 Å². The van der Waals surface area contributed by atoms with Crippen LogP contribution in [-0.4, -0.2) is 39.0 Å². The Labute approximate surface area is 337 Å². The molecule has 306 valence electrons. The Balaban J connectivity index is 0.000000225. The molecule has 6 rings (SSSR count). The van der Waals surface area contributed by atoms with Crippen LogP contribution in [0.15, 0.2) is 155 Å². The van der Waals surface area contributed by atoms with Crippen LogP contribution >= 0.6 is 0 Å². The van der Waals surface area contributed by atoms with Crippen LogP contribution in [0.25, 0.3) is 0 Å². The fourth-order valence-corrected chi connectivity index (χ4v) is 8.18. The van der Waals surface area contributed by atoms with Gasteiger partial charge in [0.15, 0.2) is 0 Å². The van der Waals surface area contributed by atoms with Gasteiger partial charge in [-0.3, -0.25) is 9.44 Å². The average molecular weight is 849 g/mol. The molecule has 4 N–H and O–H groups in total. The van der Waals surface area contributed by atoms with Gasteiger partial charge in [-0.15, -0.1) is 0 Å². The fraction of sp³-hybridized carbons (Fsp3) is 0.116. The number of benzene rings is 6. The molecule has 16 heteroatoms. The number of carboxylic acid groups (broad SMARTS) is 2. The molecule has 0 saturated heterocycles. The van der Waals surface area contributed by atoms with Crippen LogP contribution < -0.4 is 9.44 Å². The van der Waals surface area contributed by atoms with E-state index in [0.29, 0.717) is 31.4 Å². The first-order valence-corrected chi connectivity index (χ1v) is 20.7. The van der Waals surface area contributed by atoms with Gasteiger partial charge in [0.1, 0.15) is 5.82 Å². The van der Waals surface area contributed by atoms with Crippen molar-refractivity contribution in [1.29, 1.82) is 0 Å². The number of anilines is 2. The van der Waals surface area contributed by atoms with Crippen molar-refractivity contribution in [1.82, 2.24) is 0 Å². The predicted molar refractivity (Wildman–Crippen MR) is 214 cm³/mol. The van der Waals surface area contributed by atoms with Gasteiger partial charge in [0.05, 0.1) is 26.5 Å². The van der Waals surface area contributed by atoms with Gasteiger partial charge in [-0.05, 0) is 133 Å². The normalized spacial score (nSPS) is 11.5. The summed E-state index contributed by atoms with van der Waals surface area (Å²) in [6, 6.07) is 35.1. The molecule has 0 heterocycles. The van der Waals surface area contributed by atoms with Gasteiger partial charge in [-0.25, -0.2) is 30.8 Å². The predicted octanol–water partition coefficient (Wildman–Crippen LogP) is 9.10. The Kier molecular flexibility index (Phi) is 13.9. The summed E-state index contributed by atoms with van der Waals surface area (Å²) in [5.74, 6) is -2.51. The van der Waals surface area contributed by atoms with Crippen LogP contribution in [0.2, 0.25) is 0 Å². The number of halogens is 4. The molecule has 0 aliphatic rings. The molecule has 0 amide bonds. The molecule has 10 nitrogen and oxygen atoms in total. The molecular formula is C43H36F4N2O8S2. The van der Waals surface area contributed by atoms with E-state index >= 15 is 0 Å². The van der Waals surface area contributed by atoms with Gasteiger partial charge in [0.25, 0.3) is 20.0 Å². The number of aromatic carboxylic acids is 2. The fourth-order valence-electron chi connectivity index (χ4n) is 5.85. The summed E-state index contributed by atoms with van der Waals surface area (Å²) in [5.41, 5.74) is 3.03. The highest BCUT2D eigenvalue weighted by Gasteiger charge is 2.37. The second-order valence-corrected chi connectivity index (χ2v) is 16.4. The lowest BCUT2D eigenvalue weighted by molar-refractivity contribution is -0.139. The first-order valence-electron chi connectivity index (χ1n) is 17.7. The summed E-state index contributed by atoms with van der Waals surface area (Å²) >= 11 is 0. The summed E-state index contributed by atoms with van der Waals surface area (Å²) < 4.78 is 107. The van der Waals surface area contributed by atoms with E-state index in [2.05, 4.69) is 9.44 Å². The van der Waals surface area contributed by atoms with E-state index in [0.717, 1.165) is 52.6 Å². The minimum absolute atomic E-state index is 0.0233. The molecule has 0 aliphatic heterocycles. The van der Waals surface area contributed by atoms with E-state index in [9.17, 15) is 44.0 Å². The van der Waals surface area contributed by atoms with Crippen LogP contribution in [0.3, 0.4) is 0 Å². The molecule has 59 heavy (non-hydrogen) atoms. The maximum atomic E-state index is 13.2. The Morgan fingerprint density at radius 1 is 0.508 bits per heavy atom. The molecule has 0 fully saturated rings. The van der Waals surface area contributed by atoms with Crippen molar-refractivity contribution in [3.8, 4) is 0 Å². The van der Waals surface area contributed by atoms with Crippen molar-refractivity contribution in [2.24, 2.45) is 0 Å². The average Bonchev–Trinajstić information content (AvgIpc) is 3.19. The Morgan fingerprint density at radius 2 is 0.915 bits per heavy atom. The topological polar surface area (TPSA) is 167 Å². The maximum absolute atomic E-state index is 13.2. The molecule has 0 aliphatic carbocycles. The molecule has 0 unspecified atom stereocenters. The zero-order valence-corrected chi connectivity index (χ0v) is 32.5. The third-order valence-electron chi connectivity index (χ3n) is 8.72. The van der Waals surface area contributed by atoms with Crippen molar-refractivity contribution in [2.45, 2.75) is 41.7 Å². The van der Waals surface area contributed by atoms with Gasteiger partial charge in [-0.1, -0.05) is 60.7 Å². The largest absolute Gasteiger partial charge is 0.478 e. The van der Waals surface area contributed by atoms with E-state index in [4.69, 9.17) is 10.2 Å². The standard InChI is InChI=1S/C22H18F3NO4S.C21H18FNO4S/c23-22(24,25)19-9-1-2-10-20(19)31(29,30)26-18-8-4-6-16(14-18)12-11-15-5-3-7-17(13-15)21(27)28;22-18-9-11-20(12-10-18)28(26,27)23-19-6-2-4-16(14-19)8-7-15-3-1-5-17(13-15)21(24)25/h1-10,13-14,26H,11-12H2,(H,27,28);1-6,9-14,23H,7-8H2,(H,24,25). The SMILES string of the molecule is O=C(O)c1cccc(CCc2cccc(NS(=O)(=O)c3ccc(F)cc3)c2)c1.O=C(O)c1cccc(CCc2cccc(NS(=O)(=O)c3ccccc3C(F)(F)F)c2)c1. The summed E-state index contributed by atoms with van der Waals surface area (Å²) in [6.45, 7) is 0. The van der Waals surface area contributed by atoms with Crippen LogP contribution in [0, 0.1) is 5.82 Å². The van der Waals surface area contributed by atoms with Crippen molar-refractivity contribution in [2.75, 3.05) is 9.44 Å². The molecular weight excluding hydrogens is 813 g/mol. The first-order chi connectivity index (χ1) is 27.9. The van der Waals surface area contributed by atoms with E-state index < -0.39 is 54.4 Å². The molecule has 6 aromatic carbocycles. The highest BCUT2D eigenvalue weighted by Crippen LogP contribution is 2.34. The lowest BCUT2D eigenvalue weighted by atomic mass is 10.0. The number of sulfonamides is 2. The van der Waals surface area contributed by atoms with E-state index in [1.54, 1.807) is 60.7 Å². The maximum Gasteiger partial charge on any atom is 0.417 e. The van der Waals surface area contributed by atoms with Gasteiger partial charge >= 0.3 is 18.1 Å². The first kappa shape index (κ1) is 43.6. The molecule has 0 saturated carbocycles. The monoisotopic (exact) mass is 848 g/mol. The Hall–Kier alpha value is -6.52. The molecule has 0 atom stereocenters. The third-order valence-corrected chi connectivity index (χ3v) is 11.6. The highest BCUT2D eigenvalue weighted by molar-refractivity contribution is 7.93. The molecule has 0 radical (unpaired) electrons. The van der Waals surface area contributed by atoms with Gasteiger partial charge in [0, 0.05) is 11.4 Å². The van der Waals surface area contributed by atoms with E-state index in [1.165, 1.54) is 42.5 Å². The lowest BCUT2D eigenvalue weighted by Crippen LogP contribution is -2.19. The van der Waals surface area contributed by atoms with Crippen molar-refractivity contribution in [3.63, 3.8) is 0 Å². The molecule has 0 aromatic heterocycles. The lowest BCUT2D eigenvalue weighted by Gasteiger charge is -2.14. The number of hydrogen-bond acceptors (Lipinski definition) is 6. The number of nitrogens with one attached hydrogen (secondary N) is 2. The summed E-state index contributed by atoms with van der Waals surface area (Å²) in [6.07, 6.45) is -2.58. The minimum Gasteiger partial charge on any atom is -0.478 e. The zero-order valence-electron chi connectivity index (χ0n) is 30.9. The molecule has 0 bridgehead atoms. The quantitative estimate of drug-likeness (QED) is 0.0788. The number of carboxylic acids is 2. The smallest absolute Gasteiger partial charge is 0.417 e. The highest BCUT2D eigenvalue weighted by atomic mass is 32.2. The van der Waals surface area contributed by atoms with E-state index in [-0.39, 0.29) is 21.7 Å². The van der Waals surface area contributed by atoms with Gasteiger partial charge in [-0.2, -0.15) is 13.2 Å². The third kappa shape index (κ3) is 12.5. The van der Waals surface area contributed by atoms with Crippen molar-refractivity contribution >= 4 is 43.4 Å². The number of carbonyl (C=O) groups is 2. The number of aryl methyl sites for hydroxylation is 4. The zero-order chi connectivity index (χ0) is 42.8. The summed E-state index contributed by atoms with van der Waals surface area (Å²) in [5, 5.41) is 18.1. The van der Waals surface area contributed by atoms with Crippen LogP contribution in [-0.2, 0) is 51.9 Å². The second kappa shape index (κ2) is 18.8. The Bertz CT molecular complexity index is 2670.